The van der Waals surface area contributed by atoms with Crippen molar-refractivity contribution in [1.29, 1.82) is 0 Å². The number of hydrogen-bond acceptors (Lipinski definition) is 2. The van der Waals surface area contributed by atoms with Gasteiger partial charge in [-0.3, -0.25) is 0 Å². The molecule has 1 aliphatic rings. The fraction of sp³-hybridized carbons (Fsp3) is 0.500. The summed E-state index contributed by atoms with van der Waals surface area (Å²) < 4.78 is 26.8. The fourth-order valence-corrected chi connectivity index (χ4v) is 1.93. The maximum atomic E-state index is 13.8. The highest BCUT2D eigenvalue weighted by atomic mass is 19.1. The van der Waals surface area contributed by atoms with Crippen molar-refractivity contribution in [3.8, 4) is 0 Å². The molecule has 1 heterocycles. The van der Waals surface area contributed by atoms with E-state index < -0.39 is 6.17 Å². The van der Waals surface area contributed by atoms with Gasteiger partial charge in [-0.25, -0.2) is 8.78 Å². The number of halogens is 2. The molecule has 16 heavy (non-hydrogen) atoms. The molecule has 1 aliphatic heterocycles. The first kappa shape index (κ1) is 11.3. The van der Waals surface area contributed by atoms with Gasteiger partial charge in [0, 0.05) is 26.2 Å². The number of alkyl halides is 1. The molecule has 0 aromatic heterocycles. The summed E-state index contributed by atoms with van der Waals surface area (Å²) in [7, 11) is 0. The average molecular weight is 226 g/mol. The van der Waals surface area contributed by atoms with Crippen molar-refractivity contribution in [1.82, 2.24) is 5.32 Å². The summed E-state index contributed by atoms with van der Waals surface area (Å²) >= 11 is 0. The average Bonchev–Trinajstić information content (AvgIpc) is 2.30. The second-order valence-electron chi connectivity index (χ2n) is 4.06. The molecular formula is C12H16F2N2. The van der Waals surface area contributed by atoms with Gasteiger partial charge < -0.3 is 10.2 Å². The predicted octanol–water partition coefficient (Wildman–Crippen LogP) is 2.27. The number of nitrogens with one attached hydrogen (secondary N) is 1. The molecule has 0 radical (unpaired) electrons. The molecule has 0 saturated carbocycles. The molecule has 4 heteroatoms. The van der Waals surface area contributed by atoms with Gasteiger partial charge in [-0.05, 0) is 24.6 Å². The van der Waals surface area contributed by atoms with Crippen molar-refractivity contribution in [3.63, 3.8) is 0 Å². The summed E-state index contributed by atoms with van der Waals surface area (Å²) in [5.74, 6) is -0.330. The Morgan fingerprint density at radius 3 is 2.56 bits per heavy atom. The van der Waals surface area contributed by atoms with Gasteiger partial charge >= 0.3 is 0 Å². The van der Waals surface area contributed by atoms with Gasteiger partial charge in [-0.2, -0.15) is 0 Å². The molecule has 0 amide bonds. The molecule has 88 valence electrons. The molecule has 1 saturated heterocycles. The largest absolute Gasteiger partial charge is 0.367 e. The number of rotatable bonds is 2. The summed E-state index contributed by atoms with van der Waals surface area (Å²) in [4.78, 5) is 1.98. The standard InChI is InChI=1S/C12H16F2N2/c1-9(13)10-2-3-12(11(14)8-10)16-6-4-15-5-7-16/h2-3,8-9,15H,4-7H2,1H3. The monoisotopic (exact) mass is 226 g/mol. The van der Waals surface area contributed by atoms with E-state index in [2.05, 4.69) is 5.32 Å². The zero-order chi connectivity index (χ0) is 11.5. The van der Waals surface area contributed by atoms with Gasteiger partial charge in [0.1, 0.15) is 12.0 Å². The van der Waals surface area contributed by atoms with E-state index in [4.69, 9.17) is 0 Å². The van der Waals surface area contributed by atoms with Gasteiger partial charge in [0.15, 0.2) is 0 Å². The Labute approximate surface area is 94.3 Å². The molecule has 1 aromatic rings. The highest BCUT2D eigenvalue weighted by Crippen LogP contribution is 2.25. The Kier molecular flexibility index (Phi) is 3.39. The first-order chi connectivity index (χ1) is 7.68. The highest BCUT2D eigenvalue weighted by molar-refractivity contribution is 5.49. The lowest BCUT2D eigenvalue weighted by molar-refractivity contribution is 0.372. The van der Waals surface area contributed by atoms with Crippen LogP contribution in [0.25, 0.3) is 0 Å². The minimum atomic E-state index is -1.12. The van der Waals surface area contributed by atoms with Gasteiger partial charge in [0.05, 0.1) is 5.69 Å². The molecule has 2 nitrogen and oxygen atoms in total. The summed E-state index contributed by atoms with van der Waals surface area (Å²) in [6.45, 7) is 4.73. The summed E-state index contributed by atoms with van der Waals surface area (Å²) in [5.41, 5.74) is 0.974. The molecule has 0 bridgehead atoms. The van der Waals surface area contributed by atoms with Gasteiger partial charge in [-0.1, -0.05) is 6.07 Å². The van der Waals surface area contributed by atoms with Crippen LogP contribution in [0.2, 0.25) is 0 Å². The summed E-state index contributed by atoms with van der Waals surface area (Å²) in [6, 6.07) is 4.62. The Bertz CT molecular complexity index is 360. The first-order valence-corrected chi connectivity index (χ1v) is 5.57. The van der Waals surface area contributed by atoms with E-state index in [9.17, 15) is 8.78 Å². The van der Waals surface area contributed by atoms with E-state index in [1.807, 2.05) is 4.90 Å². The maximum absolute atomic E-state index is 13.8. The second kappa shape index (κ2) is 4.78. The minimum absolute atomic E-state index is 0.330. The molecule has 0 spiro atoms. The number of piperazine rings is 1. The third kappa shape index (κ3) is 2.32. The lowest BCUT2D eigenvalue weighted by atomic mass is 10.1. The summed E-state index contributed by atoms with van der Waals surface area (Å²) in [6.07, 6.45) is -1.12. The van der Waals surface area contributed by atoms with Crippen LogP contribution in [0.4, 0.5) is 14.5 Å². The predicted molar refractivity (Wildman–Crippen MR) is 61.0 cm³/mol. The van der Waals surface area contributed by atoms with Crippen LogP contribution in [0.3, 0.4) is 0 Å². The Balaban J connectivity index is 2.21. The van der Waals surface area contributed by atoms with Gasteiger partial charge in [-0.15, -0.1) is 0 Å². The number of hydrogen-bond donors (Lipinski definition) is 1. The van der Waals surface area contributed by atoms with Crippen molar-refractivity contribution in [2.75, 3.05) is 31.1 Å². The molecule has 1 fully saturated rings. The van der Waals surface area contributed by atoms with E-state index in [1.54, 1.807) is 12.1 Å². The van der Waals surface area contributed by atoms with Gasteiger partial charge in [0.2, 0.25) is 0 Å². The topological polar surface area (TPSA) is 15.3 Å². The molecule has 1 unspecified atom stereocenters. The van der Waals surface area contributed by atoms with Crippen LogP contribution in [0.5, 0.6) is 0 Å². The van der Waals surface area contributed by atoms with Crippen LogP contribution in [0, 0.1) is 5.82 Å². The number of nitrogens with zero attached hydrogens (tertiary/aromatic N) is 1. The van der Waals surface area contributed by atoms with Crippen molar-refractivity contribution in [3.05, 3.63) is 29.6 Å². The van der Waals surface area contributed by atoms with E-state index in [0.717, 1.165) is 26.2 Å². The Hall–Kier alpha value is -1.16. The van der Waals surface area contributed by atoms with Crippen LogP contribution >= 0.6 is 0 Å². The molecule has 1 N–H and O–H groups in total. The molecule has 1 aromatic carbocycles. The number of anilines is 1. The second-order valence-corrected chi connectivity index (χ2v) is 4.06. The molecule has 0 aliphatic carbocycles. The van der Waals surface area contributed by atoms with Crippen LogP contribution in [-0.4, -0.2) is 26.2 Å². The smallest absolute Gasteiger partial charge is 0.146 e. The van der Waals surface area contributed by atoms with Crippen molar-refractivity contribution >= 4 is 5.69 Å². The number of benzene rings is 1. The Morgan fingerprint density at radius 2 is 2.00 bits per heavy atom. The van der Waals surface area contributed by atoms with Crippen LogP contribution < -0.4 is 10.2 Å². The zero-order valence-electron chi connectivity index (χ0n) is 9.34. The van der Waals surface area contributed by atoms with Crippen LogP contribution in [0.15, 0.2) is 18.2 Å². The quantitative estimate of drug-likeness (QED) is 0.832. The first-order valence-electron chi connectivity index (χ1n) is 5.57. The van der Waals surface area contributed by atoms with E-state index in [0.29, 0.717) is 11.3 Å². The SMILES string of the molecule is CC(F)c1ccc(N2CCNCC2)c(F)c1. The van der Waals surface area contributed by atoms with Crippen LogP contribution in [0.1, 0.15) is 18.7 Å². The minimum Gasteiger partial charge on any atom is -0.367 e. The molecule has 1 atom stereocenters. The lowest BCUT2D eigenvalue weighted by Crippen LogP contribution is -2.43. The Morgan fingerprint density at radius 1 is 1.31 bits per heavy atom. The zero-order valence-corrected chi connectivity index (χ0v) is 9.34. The van der Waals surface area contributed by atoms with E-state index >= 15 is 0 Å². The van der Waals surface area contributed by atoms with Crippen LogP contribution in [-0.2, 0) is 0 Å². The van der Waals surface area contributed by atoms with Gasteiger partial charge in [0.25, 0.3) is 0 Å². The molecule has 2 rings (SSSR count). The third-order valence-electron chi connectivity index (χ3n) is 2.89. The van der Waals surface area contributed by atoms with Crippen molar-refractivity contribution < 1.29 is 8.78 Å². The molecular weight excluding hydrogens is 210 g/mol. The maximum Gasteiger partial charge on any atom is 0.146 e. The normalized spacial score (nSPS) is 18.6. The van der Waals surface area contributed by atoms with E-state index in [-0.39, 0.29) is 5.82 Å². The van der Waals surface area contributed by atoms with Crippen molar-refractivity contribution in [2.24, 2.45) is 0 Å². The summed E-state index contributed by atoms with van der Waals surface area (Å²) in [5, 5.41) is 3.21. The van der Waals surface area contributed by atoms with E-state index in [1.165, 1.54) is 13.0 Å². The van der Waals surface area contributed by atoms with Crippen molar-refractivity contribution in [2.45, 2.75) is 13.1 Å². The fourth-order valence-electron chi connectivity index (χ4n) is 1.93. The third-order valence-corrected chi connectivity index (χ3v) is 2.89. The lowest BCUT2D eigenvalue weighted by Gasteiger charge is -2.29. The highest BCUT2D eigenvalue weighted by Gasteiger charge is 2.15.